The summed E-state index contributed by atoms with van der Waals surface area (Å²) in [6.07, 6.45) is 3.77. The predicted molar refractivity (Wildman–Crippen MR) is 122 cm³/mol. The lowest BCUT2D eigenvalue weighted by atomic mass is 10.2. The van der Waals surface area contributed by atoms with Gasteiger partial charge in [0.1, 0.15) is 0 Å². The SMILES string of the molecule is CN(CCN(C)/N=C/c1ccc(N(C)C)cc1)/N=C\c1ccc(N(C)C)cc1. The summed E-state index contributed by atoms with van der Waals surface area (Å²) in [4.78, 5) is 4.17. The summed E-state index contributed by atoms with van der Waals surface area (Å²) in [5, 5.41) is 12.9. The summed E-state index contributed by atoms with van der Waals surface area (Å²) in [6.45, 7) is 1.58. The van der Waals surface area contributed by atoms with Gasteiger partial charge in [-0.25, -0.2) is 0 Å². The highest BCUT2D eigenvalue weighted by Gasteiger charge is 1.99. The van der Waals surface area contributed by atoms with Gasteiger partial charge in [-0.15, -0.1) is 0 Å². The highest BCUT2D eigenvalue weighted by Crippen LogP contribution is 2.12. The molecule has 0 amide bonds. The van der Waals surface area contributed by atoms with Gasteiger partial charge < -0.3 is 9.80 Å². The minimum absolute atomic E-state index is 0.791. The molecule has 0 N–H and O–H groups in total. The van der Waals surface area contributed by atoms with Crippen LogP contribution < -0.4 is 9.80 Å². The maximum atomic E-state index is 4.50. The topological polar surface area (TPSA) is 37.7 Å². The molecule has 0 aliphatic heterocycles. The molecule has 0 aliphatic carbocycles. The van der Waals surface area contributed by atoms with Crippen LogP contribution in [0.25, 0.3) is 0 Å². The number of anilines is 2. The fraction of sp³-hybridized carbons (Fsp3) is 0.364. The molecule has 0 bridgehead atoms. The van der Waals surface area contributed by atoms with Crippen LogP contribution in [0.3, 0.4) is 0 Å². The molecule has 2 rings (SSSR count). The third kappa shape index (κ3) is 6.95. The van der Waals surface area contributed by atoms with E-state index in [9.17, 15) is 0 Å². The lowest BCUT2D eigenvalue weighted by Gasteiger charge is -2.18. The Morgan fingerprint density at radius 2 is 0.893 bits per heavy atom. The van der Waals surface area contributed by atoms with E-state index in [4.69, 9.17) is 0 Å². The lowest BCUT2D eigenvalue weighted by molar-refractivity contribution is 0.272. The summed E-state index contributed by atoms with van der Waals surface area (Å²) in [7, 11) is 12.1. The van der Waals surface area contributed by atoms with Crippen molar-refractivity contribution in [3.63, 3.8) is 0 Å². The van der Waals surface area contributed by atoms with Crippen molar-refractivity contribution in [3.8, 4) is 0 Å². The van der Waals surface area contributed by atoms with E-state index in [0.717, 1.165) is 24.2 Å². The molecule has 0 radical (unpaired) electrons. The third-order valence-corrected chi connectivity index (χ3v) is 4.37. The second kappa shape index (κ2) is 10.3. The summed E-state index contributed by atoms with van der Waals surface area (Å²) < 4.78 is 0. The zero-order valence-corrected chi connectivity index (χ0v) is 17.9. The Balaban J connectivity index is 1.78. The van der Waals surface area contributed by atoms with Crippen LogP contribution in [0.4, 0.5) is 11.4 Å². The van der Waals surface area contributed by atoms with E-state index in [1.54, 1.807) is 0 Å². The molecule has 0 heterocycles. The second-order valence-electron chi connectivity index (χ2n) is 7.22. The van der Waals surface area contributed by atoms with Crippen LogP contribution >= 0.6 is 0 Å². The number of rotatable bonds is 9. The predicted octanol–water partition coefficient (Wildman–Crippen LogP) is 3.05. The van der Waals surface area contributed by atoms with Gasteiger partial charge in [0.2, 0.25) is 0 Å². The molecule has 6 heteroatoms. The first kappa shape index (κ1) is 21.3. The smallest absolute Gasteiger partial charge is 0.0549 e. The average molecular weight is 381 g/mol. The summed E-state index contributed by atoms with van der Waals surface area (Å²) in [6, 6.07) is 16.7. The van der Waals surface area contributed by atoms with Crippen LogP contribution in [0.1, 0.15) is 11.1 Å². The molecule has 0 aliphatic rings. The molecule has 0 aromatic heterocycles. The summed E-state index contributed by atoms with van der Waals surface area (Å²) >= 11 is 0. The molecular weight excluding hydrogens is 348 g/mol. The molecule has 0 saturated heterocycles. The zero-order chi connectivity index (χ0) is 20.5. The molecule has 2 aromatic rings. The standard InChI is InChI=1S/C22H32N6/c1-25(2)21-11-7-19(8-12-21)17-23-27(5)15-16-28(6)24-18-20-9-13-22(14-10-20)26(3)4/h7-14,17-18H,15-16H2,1-6H3/b23-17-,24-18+. The first-order chi connectivity index (χ1) is 13.3. The van der Waals surface area contributed by atoms with Crippen LogP contribution in [0, 0.1) is 0 Å². The first-order valence-corrected chi connectivity index (χ1v) is 9.40. The Morgan fingerprint density at radius 1 is 0.571 bits per heavy atom. The molecule has 2 aromatic carbocycles. The van der Waals surface area contributed by atoms with E-state index in [0.29, 0.717) is 0 Å². The van der Waals surface area contributed by atoms with Crippen molar-refractivity contribution in [2.24, 2.45) is 10.2 Å². The van der Waals surface area contributed by atoms with Gasteiger partial charge in [-0.2, -0.15) is 10.2 Å². The van der Waals surface area contributed by atoms with Gasteiger partial charge in [0, 0.05) is 53.7 Å². The normalized spacial score (nSPS) is 11.2. The minimum atomic E-state index is 0.791. The van der Waals surface area contributed by atoms with E-state index in [1.807, 2.05) is 64.7 Å². The fourth-order valence-electron chi connectivity index (χ4n) is 2.45. The Morgan fingerprint density at radius 3 is 1.18 bits per heavy atom. The molecule has 6 nitrogen and oxygen atoms in total. The first-order valence-electron chi connectivity index (χ1n) is 9.40. The van der Waals surface area contributed by atoms with Gasteiger partial charge in [0.05, 0.1) is 25.5 Å². The van der Waals surface area contributed by atoms with Gasteiger partial charge in [-0.1, -0.05) is 24.3 Å². The van der Waals surface area contributed by atoms with E-state index in [-0.39, 0.29) is 0 Å². The molecule has 0 unspecified atom stereocenters. The Kier molecular flexibility index (Phi) is 7.87. The number of nitrogens with zero attached hydrogens (tertiary/aromatic N) is 6. The maximum Gasteiger partial charge on any atom is 0.0549 e. The monoisotopic (exact) mass is 380 g/mol. The lowest BCUT2D eigenvalue weighted by Crippen LogP contribution is -2.25. The number of likely N-dealkylation sites (N-methyl/N-ethyl adjacent to an activating group) is 2. The van der Waals surface area contributed by atoms with Crippen molar-refractivity contribution < 1.29 is 0 Å². The van der Waals surface area contributed by atoms with Crippen molar-refractivity contribution in [1.82, 2.24) is 10.0 Å². The van der Waals surface area contributed by atoms with Crippen molar-refractivity contribution >= 4 is 23.8 Å². The van der Waals surface area contributed by atoms with Crippen molar-refractivity contribution in [3.05, 3.63) is 59.7 Å². The highest BCUT2D eigenvalue weighted by molar-refractivity contribution is 5.80. The number of hydrazone groups is 2. The largest absolute Gasteiger partial charge is 0.378 e. The van der Waals surface area contributed by atoms with Gasteiger partial charge >= 0.3 is 0 Å². The zero-order valence-electron chi connectivity index (χ0n) is 17.9. The van der Waals surface area contributed by atoms with E-state index in [2.05, 4.69) is 68.5 Å². The van der Waals surface area contributed by atoms with Gasteiger partial charge in [0.15, 0.2) is 0 Å². The molecule has 28 heavy (non-hydrogen) atoms. The van der Waals surface area contributed by atoms with Crippen LogP contribution in [0.2, 0.25) is 0 Å². The Hall–Kier alpha value is -3.02. The summed E-state index contributed by atoms with van der Waals surface area (Å²) in [5.41, 5.74) is 4.54. The molecule has 0 atom stereocenters. The molecule has 0 spiro atoms. The fourth-order valence-corrected chi connectivity index (χ4v) is 2.45. The van der Waals surface area contributed by atoms with Crippen molar-refractivity contribution in [2.45, 2.75) is 0 Å². The molecule has 0 saturated carbocycles. The maximum absolute atomic E-state index is 4.50. The molecule has 150 valence electrons. The average Bonchev–Trinajstić information content (AvgIpc) is 2.69. The third-order valence-electron chi connectivity index (χ3n) is 4.37. The van der Waals surface area contributed by atoms with Crippen molar-refractivity contribution in [1.29, 1.82) is 0 Å². The Labute approximate surface area is 169 Å². The number of hydrogen-bond donors (Lipinski definition) is 0. The quantitative estimate of drug-likeness (QED) is 0.495. The van der Waals surface area contributed by atoms with Gasteiger partial charge in [-0.3, -0.25) is 10.0 Å². The van der Waals surface area contributed by atoms with Crippen LogP contribution in [0.15, 0.2) is 58.7 Å². The van der Waals surface area contributed by atoms with Crippen LogP contribution in [-0.2, 0) is 0 Å². The molecular formula is C22H32N6. The number of benzene rings is 2. The number of hydrogen-bond acceptors (Lipinski definition) is 6. The van der Waals surface area contributed by atoms with E-state index in [1.165, 1.54) is 11.4 Å². The highest BCUT2D eigenvalue weighted by atomic mass is 15.5. The van der Waals surface area contributed by atoms with E-state index >= 15 is 0 Å². The van der Waals surface area contributed by atoms with Crippen LogP contribution in [-0.4, -0.2) is 77.8 Å². The van der Waals surface area contributed by atoms with Crippen LogP contribution in [0.5, 0.6) is 0 Å². The van der Waals surface area contributed by atoms with E-state index < -0.39 is 0 Å². The van der Waals surface area contributed by atoms with Gasteiger partial charge in [-0.05, 0) is 35.4 Å². The second-order valence-corrected chi connectivity index (χ2v) is 7.22. The summed E-state index contributed by atoms with van der Waals surface area (Å²) in [5.74, 6) is 0. The Bertz CT molecular complexity index is 695. The molecule has 0 fully saturated rings. The van der Waals surface area contributed by atoms with Crippen molar-refractivity contribution in [2.75, 3.05) is 65.2 Å². The van der Waals surface area contributed by atoms with Gasteiger partial charge in [0.25, 0.3) is 0 Å². The minimum Gasteiger partial charge on any atom is -0.378 e.